The van der Waals surface area contributed by atoms with Crippen LogP contribution in [-0.4, -0.2) is 19.8 Å². The summed E-state index contributed by atoms with van der Waals surface area (Å²) in [5, 5.41) is 4.30. The van der Waals surface area contributed by atoms with Gasteiger partial charge < -0.3 is 14.8 Å². The van der Waals surface area contributed by atoms with Gasteiger partial charge in [0.1, 0.15) is 0 Å². The minimum Gasteiger partial charge on any atom is -0.491 e. The third-order valence-corrected chi connectivity index (χ3v) is 4.55. The molecule has 1 aliphatic rings. The summed E-state index contributed by atoms with van der Waals surface area (Å²) in [5.74, 6) is 1.35. The standard InChI is InChI=1S/C18H28ClNO2/c1-3-22-17-12-14(11-16(19)18(17)21-2)13-20-15-9-7-5-4-6-8-10-15/h11-12,15,20H,3-10,13H2,1-2H3. The molecule has 0 heterocycles. The van der Waals surface area contributed by atoms with Gasteiger partial charge in [0.2, 0.25) is 0 Å². The van der Waals surface area contributed by atoms with E-state index in [0.29, 0.717) is 23.4 Å². The highest BCUT2D eigenvalue weighted by atomic mass is 35.5. The topological polar surface area (TPSA) is 30.5 Å². The van der Waals surface area contributed by atoms with Gasteiger partial charge in [-0.15, -0.1) is 0 Å². The van der Waals surface area contributed by atoms with E-state index in [4.69, 9.17) is 21.1 Å². The molecule has 0 spiro atoms. The van der Waals surface area contributed by atoms with Crippen molar-refractivity contribution >= 4 is 11.6 Å². The summed E-state index contributed by atoms with van der Waals surface area (Å²) in [6, 6.07) is 4.62. The molecule has 22 heavy (non-hydrogen) atoms. The van der Waals surface area contributed by atoms with Crippen LogP contribution >= 0.6 is 11.6 Å². The van der Waals surface area contributed by atoms with E-state index in [1.165, 1.54) is 44.9 Å². The van der Waals surface area contributed by atoms with Gasteiger partial charge in [-0.1, -0.05) is 43.7 Å². The van der Waals surface area contributed by atoms with Crippen molar-refractivity contribution in [2.75, 3.05) is 13.7 Å². The molecule has 1 fully saturated rings. The van der Waals surface area contributed by atoms with E-state index in [0.717, 1.165) is 17.9 Å². The minimum absolute atomic E-state index is 0.603. The molecule has 0 saturated heterocycles. The number of benzene rings is 1. The zero-order chi connectivity index (χ0) is 15.8. The predicted octanol–water partition coefficient (Wildman–Crippen LogP) is 4.95. The zero-order valence-electron chi connectivity index (χ0n) is 13.8. The maximum Gasteiger partial charge on any atom is 0.179 e. The van der Waals surface area contributed by atoms with Crippen LogP contribution in [0.15, 0.2) is 12.1 Å². The first-order chi connectivity index (χ1) is 10.7. The Hall–Kier alpha value is -0.930. The molecule has 0 radical (unpaired) electrons. The minimum atomic E-state index is 0.603. The Bertz CT molecular complexity index is 457. The lowest BCUT2D eigenvalue weighted by Crippen LogP contribution is -2.29. The predicted molar refractivity (Wildman–Crippen MR) is 92.1 cm³/mol. The molecule has 3 nitrogen and oxygen atoms in total. The molecule has 0 bridgehead atoms. The molecule has 0 amide bonds. The molecule has 0 aliphatic heterocycles. The second-order valence-electron chi connectivity index (χ2n) is 5.96. The lowest BCUT2D eigenvalue weighted by molar-refractivity contribution is 0.310. The first-order valence-corrected chi connectivity index (χ1v) is 8.85. The van der Waals surface area contributed by atoms with Crippen LogP contribution in [0, 0.1) is 0 Å². The number of methoxy groups -OCH3 is 1. The number of ether oxygens (including phenoxy) is 2. The quantitative estimate of drug-likeness (QED) is 0.802. The summed E-state index contributed by atoms with van der Waals surface area (Å²) in [6.07, 6.45) is 9.39. The van der Waals surface area contributed by atoms with Gasteiger partial charge in [0.25, 0.3) is 0 Å². The average Bonchev–Trinajstić information content (AvgIpc) is 2.46. The fourth-order valence-corrected chi connectivity index (χ4v) is 3.42. The smallest absolute Gasteiger partial charge is 0.179 e. The number of hydrogen-bond donors (Lipinski definition) is 1. The van der Waals surface area contributed by atoms with Gasteiger partial charge in [0, 0.05) is 12.6 Å². The van der Waals surface area contributed by atoms with Crippen LogP contribution in [0.3, 0.4) is 0 Å². The lowest BCUT2D eigenvalue weighted by Gasteiger charge is -2.21. The van der Waals surface area contributed by atoms with Gasteiger partial charge in [-0.2, -0.15) is 0 Å². The Kier molecular flexibility index (Phi) is 7.34. The van der Waals surface area contributed by atoms with Crippen molar-refractivity contribution in [3.05, 3.63) is 22.7 Å². The molecular weight excluding hydrogens is 298 g/mol. The van der Waals surface area contributed by atoms with Gasteiger partial charge in [-0.3, -0.25) is 0 Å². The van der Waals surface area contributed by atoms with Gasteiger partial charge >= 0.3 is 0 Å². The monoisotopic (exact) mass is 325 g/mol. The van der Waals surface area contributed by atoms with Crippen molar-refractivity contribution in [2.24, 2.45) is 0 Å². The van der Waals surface area contributed by atoms with Crippen molar-refractivity contribution in [1.29, 1.82) is 0 Å². The summed E-state index contributed by atoms with van der Waals surface area (Å²) >= 11 is 6.31. The van der Waals surface area contributed by atoms with Crippen molar-refractivity contribution in [1.82, 2.24) is 5.32 Å². The summed E-state index contributed by atoms with van der Waals surface area (Å²) < 4.78 is 11.0. The lowest BCUT2D eigenvalue weighted by atomic mass is 9.96. The third-order valence-electron chi connectivity index (χ3n) is 4.27. The molecule has 1 aromatic carbocycles. The van der Waals surface area contributed by atoms with Crippen LogP contribution in [0.2, 0.25) is 5.02 Å². The Morgan fingerprint density at radius 1 is 1.14 bits per heavy atom. The Morgan fingerprint density at radius 2 is 1.82 bits per heavy atom. The van der Waals surface area contributed by atoms with Gasteiger partial charge in [-0.25, -0.2) is 0 Å². The van der Waals surface area contributed by atoms with Crippen LogP contribution in [0.4, 0.5) is 0 Å². The highest BCUT2D eigenvalue weighted by molar-refractivity contribution is 6.32. The Morgan fingerprint density at radius 3 is 2.45 bits per heavy atom. The molecule has 2 rings (SSSR count). The fraction of sp³-hybridized carbons (Fsp3) is 0.667. The second kappa shape index (κ2) is 9.26. The van der Waals surface area contributed by atoms with Crippen molar-refractivity contribution in [2.45, 2.75) is 64.5 Å². The maximum absolute atomic E-state index is 6.31. The number of hydrogen-bond acceptors (Lipinski definition) is 3. The van der Waals surface area contributed by atoms with Crippen molar-refractivity contribution < 1.29 is 9.47 Å². The van der Waals surface area contributed by atoms with Crippen LogP contribution < -0.4 is 14.8 Å². The molecule has 0 atom stereocenters. The molecule has 124 valence electrons. The van der Waals surface area contributed by atoms with Crippen molar-refractivity contribution in [3.63, 3.8) is 0 Å². The second-order valence-corrected chi connectivity index (χ2v) is 6.37. The summed E-state index contributed by atoms with van der Waals surface area (Å²) in [6.45, 7) is 3.40. The highest BCUT2D eigenvalue weighted by Gasteiger charge is 2.14. The van der Waals surface area contributed by atoms with E-state index >= 15 is 0 Å². The number of halogens is 1. The van der Waals surface area contributed by atoms with Gasteiger partial charge in [0.05, 0.1) is 18.7 Å². The number of rotatable bonds is 6. The first-order valence-electron chi connectivity index (χ1n) is 8.47. The van der Waals surface area contributed by atoms with E-state index in [9.17, 15) is 0 Å². The maximum atomic E-state index is 6.31. The van der Waals surface area contributed by atoms with Gasteiger partial charge in [0.15, 0.2) is 11.5 Å². The third kappa shape index (κ3) is 5.06. The molecular formula is C18H28ClNO2. The average molecular weight is 326 g/mol. The molecule has 1 aromatic rings. The van der Waals surface area contributed by atoms with Crippen LogP contribution in [0.5, 0.6) is 11.5 Å². The largest absolute Gasteiger partial charge is 0.491 e. The fourth-order valence-electron chi connectivity index (χ4n) is 3.11. The van der Waals surface area contributed by atoms with E-state index in [-0.39, 0.29) is 0 Å². The van der Waals surface area contributed by atoms with E-state index < -0.39 is 0 Å². The van der Waals surface area contributed by atoms with Crippen molar-refractivity contribution in [3.8, 4) is 11.5 Å². The van der Waals surface area contributed by atoms with E-state index in [1.54, 1.807) is 7.11 Å². The van der Waals surface area contributed by atoms with Crippen LogP contribution in [-0.2, 0) is 6.54 Å². The zero-order valence-corrected chi connectivity index (χ0v) is 14.5. The summed E-state index contributed by atoms with van der Waals surface area (Å²) in [7, 11) is 1.62. The van der Waals surface area contributed by atoms with Crippen LogP contribution in [0.25, 0.3) is 0 Å². The first kappa shape index (κ1) is 17.4. The molecule has 1 saturated carbocycles. The summed E-state index contributed by atoms with van der Waals surface area (Å²) in [5.41, 5.74) is 1.15. The number of nitrogens with one attached hydrogen (secondary N) is 1. The molecule has 0 unspecified atom stereocenters. The highest BCUT2D eigenvalue weighted by Crippen LogP contribution is 2.36. The van der Waals surface area contributed by atoms with E-state index in [1.807, 2.05) is 19.1 Å². The van der Waals surface area contributed by atoms with Crippen LogP contribution in [0.1, 0.15) is 57.4 Å². The Labute approximate surface area is 139 Å². The summed E-state index contributed by atoms with van der Waals surface area (Å²) in [4.78, 5) is 0. The molecule has 1 N–H and O–H groups in total. The normalized spacial score (nSPS) is 16.9. The van der Waals surface area contributed by atoms with Gasteiger partial charge in [-0.05, 0) is 37.5 Å². The Balaban J connectivity index is 1.99. The van der Waals surface area contributed by atoms with E-state index in [2.05, 4.69) is 5.32 Å². The molecule has 0 aromatic heterocycles. The SMILES string of the molecule is CCOc1cc(CNC2CCCCCCC2)cc(Cl)c1OC. The molecule has 4 heteroatoms. The molecule has 1 aliphatic carbocycles.